The maximum atomic E-state index is 13.6. The SMILES string of the molecule is Cc1ncccc1-c1ccc2c(c1)N(S(=O)(=O)c1cccc(C(F)(F)F)c1)CC(CCC(=O)O)O2. The Morgan fingerprint density at radius 3 is 2.63 bits per heavy atom. The predicted octanol–water partition coefficient (Wildman–Crippen LogP) is 4.90. The molecule has 7 nitrogen and oxygen atoms in total. The molecule has 2 heterocycles. The number of carboxylic acids is 1. The number of sulfonamides is 1. The van der Waals surface area contributed by atoms with Gasteiger partial charge in [0, 0.05) is 23.9 Å². The highest BCUT2D eigenvalue weighted by molar-refractivity contribution is 7.92. The summed E-state index contributed by atoms with van der Waals surface area (Å²) in [6.07, 6.45) is -4.14. The van der Waals surface area contributed by atoms with E-state index in [4.69, 9.17) is 9.84 Å². The molecule has 1 atom stereocenters. The fourth-order valence-electron chi connectivity index (χ4n) is 3.89. The number of hydrogen-bond acceptors (Lipinski definition) is 5. The van der Waals surface area contributed by atoms with Crippen LogP contribution in [0.3, 0.4) is 0 Å². The number of anilines is 1. The zero-order valence-corrected chi connectivity index (χ0v) is 19.3. The molecule has 0 bridgehead atoms. The summed E-state index contributed by atoms with van der Waals surface area (Å²) in [4.78, 5) is 14.8. The summed E-state index contributed by atoms with van der Waals surface area (Å²) in [5, 5.41) is 9.04. The largest absolute Gasteiger partial charge is 0.486 e. The first-order chi connectivity index (χ1) is 16.5. The van der Waals surface area contributed by atoms with Gasteiger partial charge in [0.15, 0.2) is 0 Å². The zero-order chi connectivity index (χ0) is 25.4. The minimum atomic E-state index is -4.72. The Morgan fingerprint density at radius 1 is 1.17 bits per heavy atom. The van der Waals surface area contributed by atoms with E-state index < -0.39 is 38.7 Å². The Balaban J connectivity index is 1.82. The molecule has 0 fully saturated rings. The van der Waals surface area contributed by atoms with Gasteiger partial charge in [-0.1, -0.05) is 18.2 Å². The summed E-state index contributed by atoms with van der Waals surface area (Å²) in [6, 6.07) is 11.9. The Hall–Kier alpha value is -3.60. The normalized spacial score (nSPS) is 15.9. The number of carbonyl (C=O) groups is 1. The molecule has 1 aliphatic rings. The number of carboxylic acid groups (broad SMARTS) is 1. The highest BCUT2D eigenvalue weighted by atomic mass is 32.2. The van der Waals surface area contributed by atoms with Crippen molar-refractivity contribution in [1.82, 2.24) is 4.98 Å². The molecule has 11 heteroatoms. The molecule has 0 radical (unpaired) electrons. The van der Waals surface area contributed by atoms with Gasteiger partial charge in [0.25, 0.3) is 10.0 Å². The first-order valence-electron chi connectivity index (χ1n) is 10.6. The molecular formula is C24H21F3N2O5S. The number of aryl methyl sites for hydroxylation is 1. The predicted molar refractivity (Wildman–Crippen MR) is 122 cm³/mol. The lowest BCUT2D eigenvalue weighted by molar-refractivity contribution is -0.138. The van der Waals surface area contributed by atoms with E-state index in [0.29, 0.717) is 17.3 Å². The Bertz CT molecular complexity index is 1380. The van der Waals surface area contributed by atoms with Crippen LogP contribution in [-0.2, 0) is 21.0 Å². The second-order valence-electron chi connectivity index (χ2n) is 8.05. The van der Waals surface area contributed by atoms with Crippen LogP contribution in [0, 0.1) is 6.92 Å². The monoisotopic (exact) mass is 506 g/mol. The number of nitrogens with zero attached hydrogens (tertiary/aromatic N) is 2. The van der Waals surface area contributed by atoms with E-state index in [1.807, 2.05) is 6.07 Å². The van der Waals surface area contributed by atoms with Gasteiger partial charge in [0.2, 0.25) is 0 Å². The summed E-state index contributed by atoms with van der Waals surface area (Å²) in [7, 11) is -4.45. The van der Waals surface area contributed by atoms with Gasteiger partial charge < -0.3 is 9.84 Å². The quantitative estimate of drug-likeness (QED) is 0.511. The number of aliphatic carboxylic acids is 1. The molecule has 0 saturated carbocycles. The van der Waals surface area contributed by atoms with E-state index in [0.717, 1.165) is 28.1 Å². The number of aromatic nitrogens is 1. The van der Waals surface area contributed by atoms with Crippen molar-refractivity contribution in [3.63, 3.8) is 0 Å². The number of pyridine rings is 1. The van der Waals surface area contributed by atoms with Crippen molar-refractivity contribution in [3.05, 3.63) is 72.1 Å². The lowest BCUT2D eigenvalue weighted by Crippen LogP contribution is -2.43. The molecule has 0 amide bonds. The summed E-state index contributed by atoms with van der Waals surface area (Å²) < 4.78 is 73.9. The van der Waals surface area contributed by atoms with E-state index >= 15 is 0 Å². The second-order valence-corrected chi connectivity index (χ2v) is 9.92. The van der Waals surface area contributed by atoms with Gasteiger partial charge >= 0.3 is 12.1 Å². The van der Waals surface area contributed by atoms with E-state index in [1.54, 1.807) is 37.4 Å². The average molecular weight is 507 g/mol. The van der Waals surface area contributed by atoms with Gasteiger partial charge in [0.05, 0.1) is 22.7 Å². The van der Waals surface area contributed by atoms with Crippen LogP contribution < -0.4 is 9.04 Å². The molecule has 4 rings (SSSR count). The molecule has 0 aliphatic carbocycles. The van der Waals surface area contributed by atoms with Crippen molar-refractivity contribution in [2.75, 3.05) is 10.8 Å². The summed E-state index contributed by atoms with van der Waals surface area (Å²) in [6.45, 7) is 1.54. The first kappa shape index (κ1) is 24.5. The van der Waals surface area contributed by atoms with Crippen LogP contribution >= 0.6 is 0 Å². The van der Waals surface area contributed by atoms with Crippen LogP contribution in [0.4, 0.5) is 18.9 Å². The highest BCUT2D eigenvalue weighted by Gasteiger charge is 2.37. The molecule has 0 spiro atoms. The van der Waals surface area contributed by atoms with Crippen molar-refractivity contribution in [2.24, 2.45) is 0 Å². The third-order valence-corrected chi connectivity index (χ3v) is 7.41. The minimum Gasteiger partial charge on any atom is -0.486 e. The Labute approximate surface area is 199 Å². The number of hydrogen-bond donors (Lipinski definition) is 1. The molecule has 3 aromatic rings. The first-order valence-corrected chi connectivity index (χ1v) is 12.1. The van der Waals surface area contributed by atoms with Crippen LogP contribution in [0.2, 0.25) is 0 Å². The average Bonchev–Trinajstić information content (AvgIpc) is 2.81. The third kappa shape index (κ3) is 5.09. The molecule has 0 saturated heterocycles. The fraction of sp³-hybridized carbons (Fsp3) is 0.250. The standard InChI is InChI=1S/C24H21F3N2O5S/c1-15-20(6-3-11-28-15)16-7-9-22-21(12-16)29(14-18(34-22)8-10-23(30)31)35(32,33)19-5-2-4-17(13-19)24(25,26)27/h2-7,9,11-13,18H,8,10,14H2,1H3,(H,30,31). The summed E-state index contributed by atoms with van der Waals surface area (Å²) in [5.74, 6) is -0.887. The Kier molecular flexibility index (Phi) is 6.46. The molecule has 1 aromatic heterocycles. The minimum absolute atomic E-state index is 0.0207. The van der Waals surface area contributed by atoms with Crippen molar-refractivity contribution in [1.29, 1.82) is 0 Å². The lowest BCUT2D eigenvalue weighted by Gasteiger charge is -2.36. The van der Waals surface area contributed by atoms with Gasteiger partial charge in [-0.05, 0) is 55.3 Å². The van der Waals surface area contributed by atoms with Crippen molar-refractivity contribution in [2.45, 2.75) is 36.9 Å². The highest BCUT2D eigenvalue weighted by Crippen LogP contribution is 2.41. The van der Waals surface area contributed by atoms with E-state index in [-0.39, 0.29) is 30.8 Å². The van der Waals surface area contributed by atoms with Crippen molar-refractivity contribution < 1.29 is 36.2 Å². The third-order valence-electron chi connectivity index (χ3n) is 5.64. The van der Waals surface area contributed by atoms with E-state index in [9.17, 15) is 26.4 Å². The molecule has 1 aliphatic heterocycles. The van der Waals surface area contributed by atoms with Gasteiger partial charge in [-0.25, -0.2) is 8.42 Å². The number of rotatable bonds is 6. The summed E-state index contributed by atoms with van der Waals surface area (Å²) in [5.41, 5.74) is 1.16. The van der Waals surface area contributed by atoms with Crippen LogP contribution in [-0.4, -0.2) is 37.1 Å². The number of benzene rings is 2. The smallest absolute Gasteiger partial charge is 0.416 e. The number of halogens is 3. The molecule has 2 aromatic carbocycles. The van der Waals surface area contributed by atoms with Crippen molar-refractivity contribution in [3.8, 4) is 16.9 Å². The second kappa shape index (κ2) is 9.21. The topological polar surface area (TPSA) is 96.8 Å². The van der Waals surface area contributed by atoms with E-state index in [2.05, 4.69) is 4.98 Å². The number of fused-ring (bicyclic) bond motifs is 1. The van der Waals surface area contributed by atoms with Crippen LogP contribution in [0.25, 0.3) is 11.1 Å². The molecule has 184 valence electrons. The number of ether oxygens (including phenoxy) is 1. The van der Waals surface area contributed by atoms with Gasteiger partial charge in [-0.3, -0.25) is 14.1 Å². The van der Waals surface area contributed by atoms with Gasteiger partial charge in [-0.2, -0.15) is 13.2 Å². The zero-order valence-electron chi connectivity index (χ0n) is 18.5. The maximum Gasteiger partial charge on any atom is 0.416 e. The van der Waals surface area contributed by atoms with Crippen LogP contribution in [0.15, 0.2) is 65.7 Å². The van der Waals surface area contributed by atoms with Crippen LogP contribution in [0.5, 0.6) is 5.75 Å². The molecular weight excluding hydrogens is 485 g/mol. The van der Waals surface area contributed by atoms with Gasteiger partial charge in [-0.15, -0.1) is 0 Å². The molecule has 1 unspecified atom stereocenters. The Morgan fingerprint density at radius 2 is 1.94 bits per heavy atom. The molecule has 1 N–H and O–H groups in total. The van der Waals surface area contributed by atoms with Gasteiger partial charge in [0.1, 0.15) is 11.9 Å². The van der Waals surface area contributed by atoms with Crippen LogP contribution in [0.1, 0.15) is 24.1 Å². The number of alkyl halides is 3. The maximum absolute atomic E-state index is 13.6. The fourth-order valence-corrected chi connectivity index (χ4v) is 5.44. The summed E-state index contributed by atoms with van der Waals surface area (Å²) >= 11 is 0. The lowest BCUT2D eigenvalue weighted by atomic mass is 10.0. The van der Waals surface area contributed by atoms with Crippen molar-refractivity contribution >= 4 is 21.7 Å². The molecule has 35 heavy (non-hydrogen) atoms. The van der Waals surface area contributed by atoms with E-state index in [1.165, 1.54) is 0 Å².